The molecule has 6 nitrogen and oxygen atoms in total. The van der Waals surface area contributed by atoms with Crippen molar-refractivity contribution in [3.8, 4) is 11.5 Å². The molecule has 0 aliphatic carbocycles. The summed E-state index contributed by atoms with van der Waals surface area (Å²) in [6.45, 7) is 8.67. The number of nitrogens with zero attached hydrogens (tertiary/aromatic N) is 1. The van der Waals surface area contributed by atoms with Gasteiger partial charge in [-0.2, -0.15) is 0 Å². The molecule has 190 valence electrons. The van der Waals surface area contributed by atoms with Crippen molar-refractivity contribution >= 4 is 11.8 Å². The topological polar surface area (TPSA) is 67.9 Å². The highest BCUT2D eigenvalue weighted by atomic mass is 16.5. The van der Waals surface area contributed by atoms with Crippen LogP contribution in [0.5, 0.6) is 11.5 Å². The first kappa shape index (κ1) is 26.6. The lowest BCUT2D eigenvalue weighted by atomic mass is 9.94. The minimum Gasteiger partial charge on any atom is -0.490 e. The van der Waals surface area contributed by atoms with Gasteiger partial charge in [-0.3, -0.25) is 9.59 Å². The molecule has 1 fully saturated rings. The molecule has 35 heavy (non-hydrogen) atoms. The lowest BCUT2D eigenvalue weighted by molar-refractivity contribution is -0.135. The first-order valence-electron chi connectivity index (χ1n) is 13.0. The molecule has 2 aromatic rings. The number of benzene rings is 2. The minimum absolute atomic E-state index is 0.0521. The monoisotopic (exact) mass is 480 g/mol. The van der Waals surface area contributed by atoms with E-state index in [4.69, 9.17) is 9.47 Å². The van der Waals surface area contributed by atoms with E-state index in [2.05, 4.69) is 31.3 Å². The van der Waals surface area contributed by atoms with E-state index in [9.17, 15) is 9.59 Å². The smallest absolute Gasteiger partial charge is 0.223 e. The van der Waals surface area contributed by atoms with Crippen LogP contribution in [0.2, 0.25) is 0 Å². The Balaban J connectivity index is 1.49. The zero-order chi connectivity index (χ0) is 25.0. The standard InChI is InChI=1S/C29H40N2O4/c1-4-19-34-26-13-12-25(21-27(26)35-20-5-2)22(3)30-29(33)24-15-17-31(18-16-24)28(32)14-11-23-9-7-6-8-10-23/h6-10,12-13,21-22,24H,4-5,11,14-20H2,1-3H3,(H,30,33). The maximum absolute atomic E-state index is 13.0. The van der Waals surface area contributed by atoms with Crippen LogP contribution in [0.15, 0.2) is 48.5 Å². The quantitative estimate of drug-likeness (QED) is 0.447. The predicted molar refractivity (Wildman–Crippen MR) is 139 cm³/mol. The molecule has 1 heterocycles. The van der Waals surface area contributed by atoms with Gasteiger partial charge in [0, 0.05) is 25.4 Å². The first-order chi connectivity index (χ1) is 17.0. The molecule has 2 amide bonds. The van der Waals surface area contributed by atoms with Crippen LogP contribution in [0.25, 0.3) is 0 Å². The molecule has 0 radical (unpaired) electrons. The van der Waals surface area contributed by atoms with Crippen LogP contribution in [0.3, 0.4) is 0 Å². The zero-order valence-corrected chi connectivity index (χ0v) is 21.4. The summed E-state index contributed by atoms with van der Waals surface area (Å²) in [4.78, 5) is 27.5. The fraction of sp³-hybridized carbons (Fsp3) is 0.517. The maximum atomic E-state index is 13.0. The molecule has 6 heteroatoms. The van der Waals surface area contributed by atoms with Crippen LogP contribution in [0.4, 0.5) is 0 Å². The molecule has 3 rings (SSSR count). The van der Waals surface area contributed by atoms with Gasteiger partial charge < -0.3 is 19.7 Å². The molecule has 0 aromatic heterocycles. The van der Waals surface area contributed by atoms with Crippen LogP contribution in [0, 0.1) is 5.92 Å². The van der Waals surface area contributed by atoms with E-state index in [-0.39, 0.29) is 23.8 Å². The first-order valence-corrected chi connectivity index (χ1v) is 13.0. The van der Waals surface area contributed by atoms with Crippen molar-refractivity contribution in [3.63, 3.8) is 0 Å². The van der Waals surface area contributed by atoms with Crippen molar-refractivity contribution in [1.82, 2.24) is 10.2 Å². The number of hydrogen-bond donors (Lipinski definition) is 1. The number of nitrogens with one attached hydrogen (secondary N) is 1. The van der Waals surface area contributed by atoms with E-state index < -0.39 is 0 Å². The van der Waals surface area contributed by atoms with Gasteiger partial charge in [-0.1, -0.05) is 50.2 Å². The Bertz CT molecular complexity index is 939. The van der Waals surface area contributed by atoms with Gasteiger partial charge >= 0.3 is 0 Å². The number of aryl methyl sites for hydroxylation is 1. The van der Waals surface area contributed by atoms with Gasteiger partial charge in [0.25, 0.3) is 0 Å². The van der Waals surface area contributed by atoms with Gasteiger partial charge in [0.05, 0.1) is 19.3 Å². The van der Waals surface area contributed by atoms with Gasteiger partial charge in [-0.15, -0.1) is 0 Å². The number of amides is 2. The minimum atomic E-state index is -0.141. The molecule has 1 N–H and O–H groups in total. The third-order valence-corrected chi connectivity index (χ3v) is 6.44. The number of rotatable bonds is 12. The summed E-state index contributed by atoms with van der Waals surface area (Å²) >= 11 is 0. The molecule has 0 saturated carbocycles. The molecule has 1 atom stereocenters. The average Bonchev–Trinajstić information content (AvgIpc) is 2.90. The molecule has 1 unspecified atom stereocenters. The fourth-order valence-corrected chi connectivity index (χ4v) is 4.31. The fourth-order valence-electron chi connectivity index (χ4n) is 4.31. The zero-order valence-electron chi connectivity index (χ0n) is 21.4. The normalized spacial score (nSPS) is 14.9. The van der Waals surface area contributed by atoms with Crippen LogP contribution in [-0.2, 0) is 16.0 Å². The summed E-state index contributed by atoms with van der Waals surface area (Å²) in [5.74, 6) is 1.62. The molecule has 1 aliphatic heterocycles. The third-order valence-electron chi connectivity index (χ3n) is 6.44. The van der Waals surface area contributed by atoms with Crippen molar-refractivity contribution in [2.75, 3.05) is 26.3 Å². The molecule has 2 aromatic carbocycles. The molecule has 0 bridgehead atoms. The number of carbonyl (C=O) groups is 2. The molecule has 1 aliphatic rings. The summed E-state index contributed by atoms with van der Waals surface area (Å²) in [7, 11) is 0. The van der Waals surface area contributed by atoms with Crippen molar-refractivity contribution in [2.45, 2.75) is 65.3 Å². The Morgan fingerprint density at radius 1 is 0.971 bits per heavy atom. The number of ether oxygens (including phenoxy) is 2. The average molecular weight is 481 g/mol. The van der Waals surface area contributed by atoms with E-state index in [0.717, 1.165) is 36.3 Å². The SMILES string of the molecule is CCCOc1ccc(C(C)NC(=O)C2CCN(C(=O)CCc3ccccc3)CC2)cc1OCCC. The van der Waals surface area contributed by atoms with Gasteiger partial charge in [-0.25, -0.2) is 0 Å². The number of carbonyl (C=O) groups excluding carboxylic acids is 2. The molecular weight excluding hydrogens is 440 g/mol. The van der Waals surface area contributed by atoms with Crippen LogP contribution >= 0.6 is 0 Å². The Labute approximate surface area is 210 Å². The van der Waals surface area contributed by atoms with Gasteiger partial charge in [0.15, 0.2) is 11.5 Å². The van der Waals surface area contributed by atoms with Gasteiger partial charge in [0.1, 0.15) is 0 Å². The third kappa shape index (κ3) is 8.01. The Hall–Kier alpha value is -3.02. The summed E-state index contributed by atoms with van der Waals surface area (Å²) in [6.07, 6.45) is 4.51. The van der Waals surface area contributed by atoms with Crippen molar-refractivity contribution in [2.24, 2.45) is 5.92 Å². The van der Waals surface area contributed by atoms with E-state index >= 15 is 0 Å². The molecule has 0 spiro atoms. The highest BCUT2D eigenvalue weighted by molar-refractivity contribution is 5.80. The van der Waals surface area contributed by atoms with Crippen molar-refractivity contribution < 1.29 is 19.1 Å². The van der Waals surface area contributed by atoms with Gasteiger partial charge in [0.2, 0.25) is 11.8 Å². The highest BCUT2D eigenvalue weighted by Gasteiger charge is 2.28. The molecular formula is C29H40N2O4. The Morgan fingerprint density at radius 2 is 1.63 bits per heavy atom. The summed E-state index contributed by atoms with van der Waals surface area (Å²) in [5, 5.41) is 3.16. The van der Waals surface area contributed by atoms with Crippen LogP contribution in [0.1, 0.15) is 70.0 Å². The van der Waals surface area contributed by atoms with Crippen molar-refractivity contribution in [3.05, 3.63) is 59.7 Å². The highest BCUT2D eigenvalue weighted by Crippen LogP contribution is 2.31. The lowest BCUT2D eigenvalue weighted by Crippen LogP contribution is -2.43. The van der Waals surface area contributed by atoms with E-state index in [1.165, 1.54) is 5.56 Å². The lowest BCUT2D eigenvalue weighted by Gasteiger charge is -2.32. The summed E-state index contributed by atoms with van der Waals surface area (Å²) in [6, 6.07) is 15.8. The number of hydrogen-bond acceptors (Lipinski definition) is 4. The second-order valence-corrected chi connectivity index (χ2v) is 9.27. The van der Waals surface area contributed by atoms with Crippen LogP contribution < -0.4 is 14.8 Å². The van der Waals surface area contributed by atoms with E-state index in [0.29, 0.717) is 45.6 Å². The van der Waals surface area contributed by atoms with Crippen LogP contribution in [-0.4, -0.2) is 43.0 Å². The summed E-state index contributed by atoms with van der Waals surface area (Å²) in [5.41, 5.74) is 2.17. The Morgan fingerprint density at radius 3 is 2.29 bits per heavy atom. The number of likely N-dealkylation sites (tertiary alicyclic amines) is 1. The van der Waals surface area contributed by atoms with E-state index in [1.807, 2.05) is 48.2 Å². The molecule has 1 saturated heterocycles. The van der Waals surface area contributed by atoms with Gasteiger partial charge in [-0.05, 0) is 62.3 Å². The second-order valence-electron chi connectivity index (χ2n) is 9.27. The van der Waals surface area contributed by atoms with Crippen molar-refractivity contribution in [1.29, 1.82) is 0 Å². The largest absolute Gasteiger partial charge is 0.490 e. The maximum Gasteiger partial charge on any atom is 0.223 e. The number of piperidine rings is 1. The Kier molecular flexibility index (Phi) is 10.5. The van der Waals surface area contributed by atoms with E-state index in [1.54, 1.807) is 0 Å². The predicted octanol–water partition coefficient (Wildman–Crippen LogP) is 5.31. The second kappa shape index (κ2) is 13.8. The summed E-state index contributed by atoms with van der Waals surface area (Å²) < 4.78 is 11.7.